The quantitative estimate of drug-likeness (QED) is 0.663. The van der Waals surface area contributed by atoms with E-state index in [1.165, 1.54) is 12.3 Å². The van der Waals surface area contributed by atoms with Crippen molar-refractivity contribution in [3.8, 4) is 6.07 Å². The Balaban J connectivity index is 2.29. The number of thioether (sulfide) groups is 1. The Kier molecular flexibility index (Phi) is 4.67. The highest BCUT2D eigenvalue weighted by Gasteiger charge is 2.30. The summed E-state index contributed by atoms with van der Waals surface area (Å²) in [5.41, 5.74) is -3.35. The van der Waals surface area contributed by atoms with Gasteiger partial charge in [0.15, 0.2) is 0 Å². The van der Waals surface area contributed by atoms with Crippen LogP contribution in [-0.4, -0.2) is 26.1 Å². The number of hydrogen-bond acceptors (Lipinski definition) is 6. The number of rotatable bonds is 4. The highest BCUT2D eigenvalue weighted by molar-refractivity contribution is 8.00. The molecule has 0 atom stereocenters. The van der Waals surface area contributed by atoms with E-state index in [0.717, 1.165) is 5.56 Å². The number of aryl methyl sites for hydroxylation is 1. The molecule has 2 N–H and O–H groups in total. The Labute approximate surface area is 127 Å². The lowest BCUT2D eigenvalue weighted by Gasteiger charge is -2.12. The maximum Gasteiger partial charge on any atom is 0.446 e. The van der Waals surface area contributed by atoms with Crippen LogP contribution in [0, 0.1) is 18.3 Å². The van der Waals surface area contributed by atoms with E-state index >= 15 is 0 Å². The number of H-pyrrole nitrogens is 1. The van der Waals surface area contributed by atoms with Crippen LogP contribution < -0.4 is 5.32 Å². The number of anilines is 1. The van der Waals surface area contributed by atoms with E-state index in [0.29, 0.717) is 0 Å². The van der Waals surface area contributed by atoms with Gasteiger partial charge in [-0.15, -0.1) is 10.2 Å². The minimum absolute atomic E-state index is 0.000230. The van der Waals surface area contributed by atoms with E-state index in [1.807, 2.05) is 6.07 Å². The van der Waals surface area contributed by atoms with Crippen LogP contribution in [-0.2, 0) is 0 Å². The number of halogens is 3. The zero-order chi connectivity index (χ0) is 16.2. The molecule has 0 spiro atoms. The molecule has 0 radical (unpaired) electrons. The third-order valence-corrected chi connectivity index (χ3v) is 3.25. The lowest BCUT2D eigenvalue weighted by atomic mass is 10.2. The number of aromatic nitrogens is 4. The van der Waals surface area contributed by atoms with Gasteiger partial charge in [0, 0.05) is 11.1 Å². The normalized spacial score (nSPS) is 12.0. The molecule has 0 aliphatic heterocycles. The number of aromatic amines is 1. The first-order valence-corrected chi connectivity index (χ1v) is 6.68. The SMILES string of the molecule is Cc1ccc(SC(F)(F)F)c(NC=C(C#N)c2nn[nH]n2)c1. The Hall–Kier alpha value is -2.54. The summed E-state index contributed by atoms with van der Waals surface area (Å²) in [5.74, 6) is 0.0488. The molecule has 1 aromatic heterocycles. The Morgan fingerprint density at radius 2 is 2.23 bits per heavy atom. The van der Waals surface area contributed by atoms with Crippen LogP contribution in [0.15, 0.2) is 29.3 Å². The van der Waals surface area contributed by atoms with Gasteiger partial charge in [-0.1, -0.05) is 6.07 Å². The maximum atomic E-state index is 12.5. The van der Waals surface area contributed by atoms with E-state index in [9.17, 15) is 13.2 Å². The summed E-state index contributed by atoms with van der Waals surface area (Å²) in [6.45, 7) is 1.75. The minimum atomic E-state index is -4.40. The van der Waals surface area contributed by atoms with Gasteiger partial charge < -0.3 is 5.32 Å². The van der Waals surface area contributed by atoms with Gasteiger partial charge in [0.25, 0.3) is 0 Å². The molecule has 0 unspecified atom stereocenters. The first-order chi connectivity index (χ1) is 10.4. The zero-order valence-electron chi connectivity index (χ0n) is 11.1. The molecular formula is C12H9F3N6S. The maximum absolute atomic E-state index is 12.5. The van der Waals surface area contributed by atoms with Crippen LogP contribution in [0.3, 0.4) is 0 Å². The molecule has 0 fully saturated rings. The van der Waals surface area contributed by atoms with Crippen molar-refractivity contribution < 1.29 is 13.2 Å². The lowest BCUT2D eigenvalue weighted by molar-refractivity contribution is -0.0327. The summed E-state index contributed by atoms with van der Waals surface area (Å²) >= 11 is -0.232. The second kappa shape index (κ2) is 6.48. The molecule has 22 heavy (non-hydrogen) atoms. The average molecular weight is 326 g/mol. The summed E-state index contributed by atoms with van der Waals surface area (Å²) in [6.07, 6.45) is 1.24. The predicted molar refractivity (Wildman–Crippen MR) is 74.5 cm³/mol. The van der Waals surface area contributed by atoms with E-state index < -0.39 is 5.51 Å². The van der Waals surface area contributed by atoms with Crippen molar-refractivity contribution in [3.05, 3.63) is 35.8 Å². The summed E-state index contributed by atoms with van der Waals surface area (Å²) < 4.78 is 37.6. The number of hydrogen-bond donors (Lipinski definition) is 2. The van der Waals surface area contributed by atoms with Gasteiger partial charge in [-0.2, -0.15) is 23.6 Å². The van der Waals surface area contributed by atoms with Crippen LogP contribution >= 0.6 is 11.8 Å². The van der Waals surface area contributed by atoms with Crippen LogP contribution in [0.4, 0.5) is 18.9 Å². The lowest BCUT2D eigenvalue weighted by Crippen LogP contribution is -2.02. The third kappa shape index (κ3) is 4.23. The predicted octanol–water partition coefficient (Wildman–Crippen LogP) is 3.10. The molecule has 1 heterocycles. The van der Waals surface area contributed by atoms with Crippen molar-refractivity contribution in [3.63, 3.8) is 0 Å². The topological polar surface area (TPSA) is 90.3 Å². The molecule has 114 valence electrons. The van der Waals surface area contributed by atoms with Crippen LogP contribution in [0.25, 0.3) is 5.57 Å². The van der Waals surface area contributed by atoms with Gasteiger partial charge in [0.05, 0.1) is 5.69 Å². The van der Waals surface area contributed by atoms with Crippen LogP contribution in [0.1, 0.15) is 11.4 Å². The molecule has 1 aromatic carbocycles. The second-order valence-corrected chi connectivity index (χ2v) is 5.20. The van der Waals surface area contributed by atoms with Crippen molar-refractivity contribution in [1.82, 2.24) is 20.6 Å². The number of allylic oxidation sites excluding steroid dienone is 1. The first-order valence-electron chi connectivity index (χ1n) is 5.86. The van der Waals surface area contributed by atoms with Gasteiger partial charge in [-0.25, -0.2) is 0 Å². The van der Waals surface area contributed by atoms with Crippen LogP contribution in [0.2, 0.25) is 0 Å². The molecule has 0 aliphatic carbocycles. The third-order valence-electron chi connectivity index (χ3n) is 2.44. The Morgan fingerprint density at radius 1 is 1.45 bits per heavy atom. The van der Waals surface area contributed by atoms with E-state index in [2.05, 4.69) is 25.9 Å². The molecule has 2 aromatic rings. The van der Waals surface area contributed by atoms with Crippen molar-refractivity contribution in [2.45, 2.75) is 17.3 Å². The van der Waals surface area contributed by atoms with Crippen LogP contribution in [0.5, 0.6) is 0 Å². The highest BCUT2D eigenvalue weighted by Crippen LogP contribution is 2.40. The summed E-state index contributed by atoms with van der Waals surface area (Å²) in [4.78, 5) is -0.000230. The number of nitrogens with zero attached hydrogens (tertiary/aromatic N) is 4. The standard InChI is InChI=1S/C12H9F3N6S/c1-7-2-3-10(22-12(13,14)15)9(4-7)17-6-8(5-16)11-18-20-21-19-11/h2-4,6,17H,1H3,(H,18,19,20,21). The number of nitrogens with one attached hydrogen (secondary N) is 2. The van der Waals surface area contributed by atoms with Crippen molar-refractivity contribution in [2.24, 2.45) is 0 Å². The highest BCUT2D eigenvalue weighted by atomic mass is 32.2. The van der Waals surface area contributed by atoms with Crippen molar-refractivity contribution in [1.29, 1.82) is 5.26 Å². The zero-order valence-corrected chi connectivity index (χ0v) is 12.0. The summed E-state index contributed by atoms with van der Waals surface area (Å²) in [6, 6.07) is 6.33. The average Bonchev–Trinajstić information content (AvgIpc) is 2.95. The molecule has 6 nitrogen and oxygen atoms in total. The van der Waals surface area contributed by atoms with Gasteiger partial charge in [0.1, 0.15) is 11.6 Å². The van der Waals surface area contributed by atoms with E-state index in [-0.39, 0.29) is 33.7 Å². The fraction of sp³-hybridized carbons (Fsp3) is 0.167. The van der Waals surface area contributed by atoms with Gasteiger partial charge in [-0.3, -0.25) is 0 Å². The van der Waals surface area contributed by atoms with E-state index in [1.54, 1.807) is 19.1 Å². The van der Waals surface area contributed by atoms with Crippen molar-refractivity contribution in [2.75, 3.05) is 5.32 Å². The largest absolute Gasteiger partial charge is 0.446 e. The molecule has 0 amide bonds. The molecule has 0 saturated heterocycles. The molecular weight excluding hydrogens is 317 g/mol. The first kappa shape index (κ1) is 15.8. The summed E-state index contributed by atoms with van der Waals surface area (Å²) in [5, 5.41) is 24.5. The fourth-order valence-corrected chi connectivity index (χ4v) is 2.16. The smallest absolute Gasteiger partial charge is 0.359 e. The number of tetrazole rings is 1. The molecule has 0 aliphatic rings. The van der Waals surface area contributed by atoms with Gasteiger partial charge >= 0.3 is 5.51 Å². The second-order valence-electron chi connectivity index (χ2n) is 4.10. The number of alkyl halides is 3. The van der Waals surface area contributed by atoms with Gasteiger partial charge in [0.2, 0.25) is 5.82 Å². The molecule has 10 heteroatoms. The monoisotopic (exact) mass is 326 g/mol. The number of nitriles is 1. The summed E-state index contributed by atoms with van der Waals surface area (Å²) in [7, 11) is 0. The minimum Gasteiger partial charge on any atom is -0.359 e. The van der Waals surface area contributed by atoms with Crippen molar-refractivity contribution >= 4 is 23.0 Å². The Bertz CT molecular complexity index is 717. The molecule has 2 rings (SSSR count). The Morgan fingerprint density at radius 3 is 2.82 bits per heavy atom. The van der Waals surface area contributed by atoms with Gasteiger partial charge in [-0.05, 0) is 41.6 Å². The fourth-order valence-electron chi connectivity index (χ4n) is 1.54. The number of benzene rings is 1. The van der Waals surface area contributed by atoms with E-state index in [4.69, 9.17) is 5.26 Å². The molecule has 0 saturated carbocycles. The molecule has 0 bridgehead atoms.